The summed E-state index contributed by atoms with van der Waals surface area (Å²) in [4.78, 5) is 28.0. The highest BCUT2D eigenvalue weighted by molar-refractivity contribution is 7.99. The van der Waals surface area contributed by atoms with Crippen LogP contribution in [0.1, 0.15) is 51.6 Å². The van der Waals surface area contributed by atoms with Gasteiger partial charge in [0.1, 0.15) is 5.75 Å². The maximum Gasteiger partial charge on any atom is 0.253 e. The van der Waals surface area contributed by atoms with Crippen molar-refractivity contribution >= 4 is 40.6 Å². The van der Waals surface area contributed by atoms with Crippen molar-refractivity contribution in [3.05, 3.63) is 112 Å². The lowest BCUT2D eigenvalue weighted by Gasteiger charge is -2.24. The Morgan fingerprint density at radius 3 is 2.53 bits per heavy atom. The Balaban J connectivity index is 1.27. The molecule has 0 saturated heterocycles. The first-order valence-electron chi connectivity index (χ1n) is 15.7. The number of hydrogen-bond acceptors (Lipinski definition) is 10. The number of methoxy groups -OCH3 is 2. The van der Waals surface area contributed by atoms with Crippen LogP contribution < -0.4 is 19.5 Å². The van der Waals surface area contributed by atoms with E-state index in [1.807, 2.05) is 96.6 Å². The van der Waals surface area contributed by atoms with Crippen LogP contribution in [0.3, 0.4) is 0 Å². The highest BCUT2D eigenvalue weighted by Gasteiger charge is 2.36. The van der Waals surface area contributed by atoms with Crippen LogP contribution in [0.15, 0.2) is 94.5 Å². The minimum atomic E-state index is -0.397. The number of benzene rings is 3. The summed E-state index contributed by atoms with van der Waals surface area (Å²) in [6.07, 6.45) is 0.521. The monoisotopic (exact) mass is 696 g/mol. The average Bonchev–Trinajstić information content (AvgIpc) is 3.90. The minimum Gasteiger partial charge on any atom is -0.494 e. The molecule has 1 aliphatic rings. The Labute approximate surface area is 292 Å². The number of carbonyl (C=O) groups excluding carboxylic acids is 2. The molecule has 2 amide bonds. The molecule has 13 heteroatoms. The SMILES string of the molecule is CCOc1ccc(-n2c(CNC(=O)c3cccc(C)c3)nnc2SCC(=O)N2N=C(c3cccs3)C[C@@H]2c2cccc(OC)c2OC)cc1. The Morgan fingerprint density at radius 1 is 1.00 bits per heavy atom. The molecule has 3 aromatic carbocycles. The largest absolute Gasteiger partial charge is 0.494 e. The van der Waals surface area contributed by atoms with E-state index in [1.165, 1.54) is 11.8 Å². The summed E-state index contributed by atoms with van der Waals surface area (Å²) in [7, 11) is 3.18. The zero-order valence-corrected chi connectivity index (χ0v) is 29.2. The van der Waals surface area contributed by atoms with Crippen molar-refractivity contribution in [1.82, 2.24) is 25.1 Å². The van der Waals surface area contributed by atoms with E-state index < -0.39 is 6.04 Å². The van der Waals surface area contributed by atoms with Gasteiger partial charge in [-0.3, -0.25) is 14.2 Å². The molecule has 5 aromatic rings. The van der Waals surface area contributed by atoms with E-state index >= 15 is 0 Å². The highest BCUT2D eigenvalue weighted by atomic mass is 32.2. The third-order valence-electron chi connectivity index (χ3n) is 7.88. The second-order valence-electron chi connectivity index (χ2n) is 11.1. The number of amides is 2. The number of ether oxygens (including phenoxy) is 3. The molecule has 0 radical (unpaired) electrons. The molecule has 1 aliphatic heterocycles. The highest BCUT2D eigenvalue weighted by Crippen LogP contribution is 2.42. The van der Waals surface area contributed by atoms with E-state index in [0.29, 0.717) is 41.1 Å². The standard InChI is InChI=1S/C36H36N6O5S2/c1-5-47-26-16-14-25(15-17-26)41-32(21-37-35(44)24-10-6-9-23(2)19-24)38-39-36(41)49-22-33(43)42-29(20-28(40-42)31-13-8-18-48-31)27-11-7-12-30(45-3)34(27)46-4/h6-19,29H,5,20-22H2,1-4H3,(H,37,44)/t29-/m1/s1. The molecule has 6 rings (SSSR count). The Kier molecular flexibility index (Phi) is 10.6. The molecular weight excluding hydrogens is 661 g/mol. The number of nitrogens with zero attached hydrogens (tertiary/aromatic N) is 5. The molecule has 0 bridgehead atoms. The van der Waals surface area contributed by atoms with Crippen LogP contribution in [0.5, 0.6) is 17.2 Å². The smallest absolute Gasteiger partial charge is 0.253 e. The van der Waals surface area contributed by atoms with E-state index in [2.05, 4.69) is 15.5 Å². The molecule has 0 unspecified atom stereocenters. The topological polar surface area (TPSA) is 120 Å². The van der Waals surface area contributed by atoms with E-state index in [4.69, 9.17) is 19.3 Å². The molecule has 252 valence electrons. The Morgan fingerprint density at radius 2 is 1.82 bits per heavy atom. The number of hydrazone groups is 1. The van der Waals surface area contributed by atoms with Gasteiger partial charge < -0.3 is 19.5 Å². The van der Waals surface area contributed by atoms with Gasteiger partial charge >= 0.3 is 0 Å². The predicted molar refractivity (Wildman–Crippen MR) is 190 cm³/mol. The number of hydrogen-bond donors (Lipinski definition) is 1. The van der Waals surface area contributed by atoms with E-state index in [1.54, 1.807) is 36.6 Å². The average molecular weight is 697 g/mol. The summed E-state index contributed by atoms with van der Waals surface area (Å²) in [5.74, 6) is 1.99. The van der Waals surface area contributed by atoms with E-state index in [-0.39, 0.29) is 24.1 Å². The number of para-hydroxylation sites is 1. The van der Waals surface area contributed by atoms with Gasteiger partial charge in [-0.1, -0.05) is 47.7 Å². The fourth-order valence-corrected chi connectivity index (χ4v) is 7.16. The first kappa shape index (κ1) is 33.7. The van der Waals surface area contributed by atoms with Gasteiger partial charge in [0.05, 0.1) is 49.8 Å². The van der Waals surface area contributed by atoms with Crippen molar-refractivity contribution in [1.29, 1.82) is 0 Å². The molecule has 2 aromatic heterocycles. The quantitative estimate of drug-likeness (QED) is 0.140. The van der Waals surface area contributed by atoms with Crippen LogP contribution in [0, 0.1) is 6.92 Å². The van der Waals surface area contributed by atoms with Crippen molar-refractivity contribution < 1.29 is 23.8 Å². The maximum absolute atomic E-state index is 14.0. The van der Waals surface area contributed by atoms with Gasteiger partial charge in [0.25, 0.3) is 11.8 Å². The van der Waals surface area contributed by atoms with Crippen molar-refractivity contribution in [2.24, 2.45) is 5.10 Å². The maximum atomic E-state index is 14.0. The second-order valence-corrected chi connectivity index (χ2v) is 13.0. The van der Waals surface area contributed by atoms with Crippen LogP contribution >= 0.6 is 23.1 Å². The molecule has 1 N–H and O–H groups in total. The fraction of sp³-hybridized carbons (Fsp3) is 0.250. The lowest BCUT2D eigenvalue weighted by Crippen LogP contribution is -2.29. The second kappa shape index (κ2) is 15.4. The van der Waals surface area contributed by atoms with Gasteiger partial charge in [0.2, 0.25) is 0 Å². The van der Waals surface area contributed by atoms with Gasteiger partial charge in [-0.05, 0) is 67.8 Å². The first-order chi connectivity index (χ1) is 23.9. The zero-order valence-electron chi connectivity index (χ0n) is 27.6. The summed E-state index contributed by atoms with van der Waals surface area (Å²) >= 11 is 2.83. The van der Waals surface area contributed by atoms with Gasteiger partial charge in [-0.15, -0.1) is 21.5 Å². The third kappa shape index (κ3) is 7.47. The van der Waals surface area contributed by atoms with Crippen molar-refractivity contribution in [3.63, 3.8) is 0 Å². The molecular formula is C36H36N6O5S2. The molecule has 0 aliphatic carbocycles. The van der Waals surface area contributed by atoms with Crippen molar-refractivity contribution in [3.8, 4) is 22.9 Å². The van der Waals surface area contributed by atoms with E-state index in [9.17, 15) is 9.59 Å². The lowest BCUT2D eigenvalue weighted by molar-refractivity contribution is -0.130. The van der Waals surface area contributed by atoms with Gasteiger partial charge in [0.15, 0.2) is 22.5 Å². The molecule has 0 spiro atoms. The molecule has 1 atom stereocenters. The first-order valence-corrected chi connectivity index (χ1v) is 17.6. The number of nitrogens with one attached hydrogen (secondary N) is 1. The number of carbonyl (C=O) groups is 2. The van der Waals surface area contributed by atoms with Crippen molar-refractivity contribution in [2.45, 2.75) is 38.0 Å². The van der Waals surface area contributed by atoms with Crippen LogP contribution in [-0.4, -0.2) is 63.9 Å². The van der Waals surface area contributed by atoms with Gasteiger partial charge in [0, 0.05) is 23.2 Å². The van der Waals surface area contributed by atoms with Crippen molar-refractivity contribution in [2.75, 3.05) is 26.6 Å². The molecule has 0 fully saturated rings. The summed E-state index contributed by atoms with van der Waals surface area (Å²) in [5.41, 5.74) is 3.95. The summed E-state index contributed by atoms with van der Waals surface area (Å²) in [6, 6.07) is 24.1. The Hall–Kier alpha value is -5.14. The molecule has 11 nitrogen and oxygen atoms in total. The molecule has 3 heterocycles. The Bertz CT molecular complexity index is 1960. The predicted octanol–water partition coefficient (Wildman–Crippen LogP) is 6.45. The number of aromatic nitrogens is 3. The third-order valence-corrected chi connectivity index (χ3v) is 9.71. The zero-order chi connectivity index (χ0) is 34.3. The molecule has 49 heavy (non-hydrogen) atoms. The summed E-state index contributed by atoms with van der Waals surface area (Å²) in [6.45, 7) is 4.54. The summed E-state index contributed by atoms with van der Waals surface area (Å²) in [5, 5.41) is 20.7. The normalized spacial score (nSPS) is 14.0. The van der Waals surface area contributed by atoms with Crippen LogP contribution in [-0.2, 0) is 11.3 Å². The van der Waals surface area contributed by atoms with Crippen LogP contribution in [0.2, 0.25) is 0 Å². The number of thioether (sulfide) groups is 1. The number of aryl methyl sites for hydroxylation is 1. The van der Waals surface area contributed by atoms with Gasteiger partial charge in [-0.25, -0.2) is 5.01 Å². The van der Waals surface area contributed by atoms with Crippen LogP contribution in [0.25, 0.3) is 5.69 Å². The molecule has 0 saturated carbocycles. The van der Waals surface area contributed by atoms with E-state index in [0.717, 1.165) is 33.2 Å². The minimum absolute atomic E-state index is 0.0365. The van der Waals surface area contributed by atoms with Gasteiger partial charge in [-0.2, -0.15) is 5.10 Å². The lowest BCUT2D eigenvalue weighted by atomic mass is 9.99. The fourth-order valence-electron chi connectivity index (χ4n) is 5.61. The van der Waals surface area contributed by atoms with Crippen LogP contribution in [0.4, 0.5) is 0 Å². The number of thiophene rings is 1. The number of rotatable bonds is 13. The summed E-state index contributed by atoms with van der Waals surface area (Å²) < 4.78 is 18.8.